The number of nitriles is 1. The van der Waals surface area contributed by atoms with E-state index < -0.39 is 0 Å². The number of anilines is 1. The lowest BCUT2D eigenvalue weighted by atomic mass is 10.1. The molecule has 2 N–H and O–H groups in total. The number of halogens is 1. The number of benzene rings is 2. The van der Waals surface area contributed by atoms with E-state index in [9.17, 15) is 9.65 Å². The first kappa shape index (κ1) is 15.8. The number of rotatable bonds is 4. The molecule has 24 heavy (non-hydrogen) atoms. The van der Waals surface area contributed by atoms with Gasteiger partial charge >= 0.3 is 0 Å². The molecule has 1 heterocycles. The normalized spacial score (nSPS) is 10.5. The molecule has 1 aromatic heterocycles. The maximum atomic E-state index is 13.5. The molecular weight excluding hydrogens is 301 g/mol. The maximum Gasteiger partial charge on any atom is 0.123 e. The van der Waals surface area contributed by atoms with Crippen LogP contribution in [-0.4, -0.2) is 4.57 Å². The Kier molecular flexibility index (Phi) is 4.35. The van der Waals surface area contributed by atoms with Crippen LogP contribution >= 0.6 is 0 Å². The van der Waals surface area contributed by atoms with Crippen molar-refractivity contribution < 1.29 is 4.39 Å². The van der Waals surface area contributed by atoms with E-state index in [2.05, 4.69) is 12.1 Å². The Hall–Kier alpha value is -3.06. The first-order chi connectivity index (χ1) is 11.6. The number of aryl methyl sites for hydroxylation is 1. The van der Waals surface area contributed by atoms with E-state index in [1.165, 1.54) is 17.7 Å². The molecule has 0 amide bonds. The van der Waals surface area contributed by atoms with Gasteiger partial charge in [-0.3, -0.25) is 0 Å². The van der Waals surface area contributed by atoms with Gasteiger partial charge in [0.05, 0.1) is 5.69 Å². The topological polar surface area (TPSA) is 54.7 Å². The summed E-state index contributed by atoms with van der Waals surface area (Å²) in [5, 5.41) is 9.40. The highest BCUT2D eigenvalue weighted by molar-refractivity contribution is 5.52. The van der Waals surface area contributed by atoms with Crippen molar-refractivity contribution in [2.45, 2.75) is 19.9 Å². The summed E-state index contributed by atoms with van der Waals surface area (Å²) in [5.74, 6) is -0.286. The van der Waals surface area contributed by atoms with Crippen LogP contribution < -0.4 is 5.73 Å². The summed E-state index contributed by atoms with van der Waals surface area (Å²) in [6, 6.07) is 18.5. The van der Waals surface area contributed by atoms with Gasteiger partial charge in [-0.1, -0.05) is 42.0 Å². The Bertz CT molecular complexity index is 919. The van der Waals surface area contributed by atoms with Crippen LogP contribution in [-0.2, 0) is 13.0 Å². The molecule has 0 spiro atoms. The van der Waals surface area contributed by atoms with Gasteiger partial charge in [-0.15, -0.1) is 0 Å². The van der Waals surface area contributed by atoms with Gasteiger partial charge in [0.1, 0.15) is 17.6 Å². The zero-order chi connectivity index (χ0) is 17.1. The standard InChI is InChI=1S/C20H18FN3/c1-14-4-2-5-15(8-14)10-20-19(23)11-18(12-22)24(20)13-16-6-3-7-17(21)9-16/h2-9,11H,10,13,23H2,1H3. The van der Waals surface area contributed by atoms with Crippen LogP contribution in [0.1, 0.15) is 28.1 Å². The summed E-state index contributed by atoms with van der Waals surface area (Å²) < 4.78 is 15.3. The molecule has 120 valence electrons. The van der Waals surface area contributed by atoms with Crippen LogP contribution in [0.25, 0.3) is 0 Å². The first-order valence-corrected chi connectivity index (χ1v) is 7.75. The Labute approximate surface area is 140 Å². The van der Waals surface area contributed by atoms with Gasteiger partial charge in [0.25, 0.3) is 0 Å². The van der Waals surface area contributed by atoms with Crippen molar-refractivity contribution in [1.82, 2.24) is 4.57 Å². The molecule has 0 radical (unpaired) electrons. The van der Waals surface area contributed by atoms with E-state index in [4.69, 9.17) is 5.73 Å². The molecule has 4 heteroatoms. The van der Waals surface area contributed by atoms with Crippen molar-refractivity contribution in [2.24, 2.45) is 0 Å². The number of nitrogens with zero attached hydrogens (tertiary/aromatic N) is 2. The second-order valence-corrected chi connectivity index (χ2v) is 5.93. The predicted molar refractivity (Wildman–Crippen MR) is 93.0 cm³/mol. The number of hydrogen-bond acceptors (Lipinski definition) is 2. The minimum atomic E-state index is -0.286. The zero-order valence-electron chi connectivity index (χ0n) is 13.5. The minimum absolute atomic E-state index is 0.286. The van der Waals surface area contributed by atoms with E-state index in [0.29, 0.717) is 24.3 Å². The van der Waals surface area contributed by atoms with Crippen LogP contribution in [0.4, 0.5) is 10.1 Å². The van der Waals surface area contributed by atoms with Crippen LogP contribution in [0.3, 0.4) is 0 Å². The highest BCUT2D eigenvalue weighted by atomic mass is 19.1. The summed E-state index contributed by atoms with van der Waals surface area (Å²) >= 11 is 0. The molecule has 0 aliphatic rings. The Morgan fingerprint density at radius 2 is 1.83 bits per heavy atom. The SMILES string of the molecule is Cc1cccc(Cc2c(N)cc(C#N)n2Cc2cccc(F)c2)c1. The quantitative estimate of drug-likeness (QED) is 0.789. The molecule has 3 nitrogen and oxygen atoms in total. The van der Waals surface area contributed by atoms with Gasteiger partial charge in [0, 0.05) is 18.7 Å². The van der Waals surface area contributed by atoms with E-state index >= 15 is 0 Å². The van der Waals surface area contributed by atoms with Crippen LogP contribution in [0.2, 0.25) is 0 Å². The first-order valence-electron chi connectivity index (χ1n) is 7.75. The van der Waals surface area contributed by atoms with Crippen molar-refractivity contribution in [3.63, 3.8) is 0 Å². The Morgan fingerprint density at radius 1 is 1.08 bits per heavy atom. The van der Waals surface area contributed by atoms with Gasteiger partial charge < -0.3 is 10.3 Å². The van der Waals surface area contributed by atoms with Crippen molar-refractivity contribution in [2.75, 3.05) is 5.73 Å². The molecular formula is C20H18FN3. The Balaban J connectivity index is 2.00. The molecule has 0 atom stereocenters. The summed E-state index contributed by atoms with van der Waals surface area (Å²) in [7, 11) is 0. The van der Waals surface area contributed by atoms with Crippen LogP contribution in [0.5, 0.6) is 0 Å². The van der Waals surface area contributed by atoms with Gasteiger partial charge in [-0.25, -0.2) is 4.39 Å². The largest absolute Gasteiger partial charge is 0.397 e. The highest BCUT2D eigenvalue weighted by Crippen LogP contribution is 2.23. The second-order valence-electron chi connectivity index (χ2n) is 5.93. The summed E-state index contributed by atoms with van der Waals surface area (Å²) in [5.41, 5.74) is 11.2. The van der Waals surface area contributed by atoms with Gasteiger partial charge in [-0.05, 0) is 36.2 Å². The summed E-state index contributed by atoms with van der Waals surface area (Å²) in [6.07, 6.45) is 0.629. The molecule has 2 aromatic carbocycles. The molecule has 0 aliphatic carbocycles. The number of nitrogens with two attached hydrogens (primary N) is 1. The van der Waals surface area contributed by atoms with Crippen LogP contribution in [0.15, 0.2) is 54.6 Å². The van der Waals surface area contributed by atoms with Gasteiger partial charge in [0.15, 0.2) is 0 Å². The minimum Gasteiger partial charge on any atom is -0.397 e. The van der Waals surface area contributed by atoms with Crippen molar-refractivity contribution >= 4 is 5.69 Å². The molecule has 3 rings (SSSR count). The number of aromatic nitrogens is 1. The fraction of sp³-hybridized carbons (Fsp3) is 0.150. The monoisotopic (exact) mass is 319 g/mol. The average molecular weight is 319 g/mol. The third kappa shape index (κ3) is 3.31. The Morgan fingerprint density at radius 3 is 2.54 bits per heavy atom. The molecule has 0 unspecified atom stereocenters. The molecule has 0 fully saturated rings. The lowest BCUT2D eigenvalue weighted by Crippen LogP contribution is -2.08. The maximum absolute atomic E-state index is 13.5. The number of hydrogen-bond donors (Lipinski definition) is 1. The van der Waals surface area contributed by atoms with Gasteiger partial charge in [-0.2, -0.15) is 5.26 Å². The highest BCUT2D eigenvalue weighted by Gasteiger charge is 2.14. The second kappa shape index (κ2) is 6.59. The van der Waals surface area contributed by atoms with Crippen molar-refractivity contribution in [3.8, 4) is 6.07 Å². The summed E-state index contributed by atoms with van der Waals surface area (Å²) in [4.78, 5) is 0. The third-order valence-corrected chi connectivity index (χ3v) is 4.04. The van der Waals surface area contributed by atoms with Crippen molar-refractivity contribution in [1.29, 1.82) is 5.26 Å². The van der Waals surface area contributed by atoms with E-state index in [0.717, 1.165) is 16.8 Å². The lowest BCUT2D eigenvalue weighted by Gasteiger charge is -2.12. The van der Waals surface area contributed by atoms with E-state index in [1.54, 1.807) is 12.1 Å². The predicted octanol–water partition coefficient (Wildman–Crippen LogP) is 4.03. The summed E-state index contributed by atoms with van der Waals surface area (Å²) in [6.45, 7) is 2.46. The van der Waals surface area contributed by atoms with Crippen molar-refractivity contribution in [3.05, 3.63) is 88.5 Å². The zero-order valence-corrected chi connectivity index (χ0v) is 13.5. The fourth-order valence-corrected chi connectivity index (χ4v) is 2.91. The third-order valence-electron chi connectivity index (χ3n) is 4.04. The average Bonchev–Trinajstić information content (AvgIpc) is 2.83. The number of nitrogen functional groups attached to an aromatic ring is 1. The van der Waals surface area contributed by atoms with E-state index in [1.807, 2.05) is 35.8 Å². The molecule has 0 bridgehead atoms. The fourth-order valence-electron chi connectivity index (χ4n) is 2.91. The molecule has 0 saturated carbocycles. The smallest absolute Gasteiger partial charge is 0.123 e. The molecule has 3 aromatic rings. The molecule has 0 saturated heterocycles. The lowest BCUT2D eigenvalue weighted by molar-refractivity contribution is 0.622. The van der Waals surface area contributed by atoms with E-state index in [-0.39, 0.29) is 5.82 Å². The van der Waals surface area contributed by atoms with Gasteiger partial charge in [0.2, 0.25) is 0 Å². The molecule has 0 aliphatic heterocycles. The van der Waals surface area contributed by atoms with Crippen LogP contribution in [0, 0.1) is 24.1 Å².